The number of carbonyl (C=O) groups is 3. The lowest BCUT2D eigenvalue weighted by Gasteiger charge is -2.27. The predicted molar refractivity (Wildman–Crippen MR) is 99.9 cm³/mol. The zero-order chi connectivity index (χ0) is 20.4. The normalized spacial score (nSPS) is 12.3. The summed E-state index contributed by atoms with van der Waals surface area (Å²) in [5.74, 6) is 3.29. The highest BCUT2D eigenvalue weighted by atomic mass is 32.1. The van der Waals surface area contributed by atoms with Gasteiger partial charge in [-0.2, -0.15) is 0 Å². The van der Waals surface area contributed by atoms with Crippen molar-refractivity contribution in [3.8, 4) is 11.8 Å². The number of nitrogens with one attached hydrogen (secondary N) is 1. The van der Waals surface area contributed by atoms with Crippen LogP contribution in [0.1, 0.15) is 46.8 Å². The first-order chi connectivity index (χ1) is 12.8. The summed E-state index contributed by atoms with van der Waals surface area (Å²) in [5, 5.41) is 11.2. The molecule has 1 aromatic heterocycles. The number of thiophene rings is 1. The molecular weight excluding hydrogens is 372 g/mol. The molecule has 0 saturated heterocycles. The van der Waals surface area contributed by atoms with Gasteiger partial charge >= 0.3 is 11.9 Å². The van der Waals surface area contributed by atoms with Crippen LogP contribution in [-0.2, 0) is 19.1 Å². The van der Waals surface area contributed by atoms with Crippen molar-refractivity contribution in [2.24, 2.45) is 5.73 Å². The quantitative estimate of drug-likeness (QED) is 0.335. The van der Waals surface area contributed by atoms with Crippen molar-refractivity contribution in [1.29, 1.82) is 0 Å². The minimum absolute atomic E-state index is 0.0754. The Hall–Kier alpha value is -2.41. The van der Waals surface area contributed by atoms with Crippen molar-refractivity contribution < 1.29 is 29.0 Å². The van der Waals surface area contributed by atoms with Crippen molar-refractivity contribution in [3.63, 3.8) is 0 Å². The van der Waals surface area contributed by atoms with E-state index in [0.29, 0.717) is 15.3 Å². The van der Waals surface area contributed by atoms with Crippen molar-refractivity contribution in [2.75, 3.05) is 19.8 Å². The van der Waals surface area contributed by atoms with Gasteiger partial charge in [0.1, 0.15) is 6.61 Å². The molecule has 1 atom stereocenters. The maximum absolute atomic E-state index is 12.6. The van der Waals surface area contributed by atoms with Crippen LogP contribution in [0.2, 0.25) is 0 Å². The van der Waals surface area contributed by atoms with E-state index < -0.39 is 23.5 Å². The number of nitrogens with two attached hydrogens (primary N) is 1. The fourth-order valence-electron chi connectivity index (χ4n) is 2.16. The van der Waals surface area contributed by atoms with Gasteiger partial charge in [0.25, 0.3) is 5.91 Å². The highest BCUT2D eigenvalue weighted by Crippen LogP contribution is 2.22. The van der Waals surface area contributed by atoms with E-state index in [1.54, 1.807) is 26.8 Å². The van der Waals surface area contributed by atoms with Gasteiger partial charge in [-0.05, 0) is 32.4 Å². The van der Waals surface area contributed by atoms with Crippen LogP contribution in [0.4, 0.5) is 0 Å². The number of amides is 1. The van der Waals surface area contributed by atoms with Crippen LogP contribution in [-0.4, -0.2) is 48.4 Å². The van der Waals surface area contributed by atoms with Crippen LogP contribution in [0, 0.1) is 18.8 Å². The molecule has 0 aromatic carbocycles. The average Bonchev–Trinajstić information content (AvgIpc) is 2.99. The highest BCUT2D eigenvalue weighted by molar-refractivity contribution is 7.14. The molecule has 0 fully saturated rings. The number of hydrogen-bond donors (Lipinski definition) is 3. The molecule has 0 aliphatic carbocycles. The lowest BCUT2D eigenvalue weighted by molar-refractivity contribution is -0.152. The first-order valence-electron chi connectivity index (χ1n) is 8.41. The van der Waals surface area contributed by atoms with Gasteiger partial charge in [0.15, 0.2) is 5.66 Å². The fraction of sp³-hybridized carbons (Fsp3) is 0.500. The van der Waals surface area contributed by atoms with E-state index in [0.717, 1.165) is 11.3 Å². The van der Waals surface area contributed by atoms with Gasteiger partial charge in [0.05, 0.1) is 23.0 Å². The SMILES string of the molecule is CCOC(=O)CCC(N)(NC(=O)c1sc(C#CCO)cc1C)C(=O)OCC. The van der Waals surface area contributed by atoms with E-state index in [-0.39, 0.29) is 32.7 Å². The number of carbonyl (C=O) groups excluding carboxylic acids is 3. The largest absolute Gasteiger partial charge is 0.466 e. The van der Waals surface area contributed by atoms with Crippen LogP contribution in [0.3, 0.4) is 0 Å². The van der Waals surface area contributed by atoms with Crippen LogP contribution < -0.4 is 11.1 Å². The molecule has 1 amide bonds. The summed E-state index contributed by atoms with van der Waals surface area (Å²) >= 11 is 1.11. The van der Waals surface area contributed by atoms with E-state index in [1.807, 2.05) is 0 Å². The third-order valence-electron chi connectivity index (χ3n) is 3.42. The Balaban J connectivity index is 3.00. The summed E-state index contributed by atoms with van der Waals surface area (Å²) in [6.45, 7) is 4.98. The lowest BCUT2D eigenvalue weighted by atomic mass is 10.0. The van der Waals surface area contributed by atoms with Gasteiger partial charge in [-0.3, -0.25) is 15.3 Å². The molecule has 0 bridgehead atoms. The Morgan fingerprint density at radius 2 is 1.96 bits per heavy atom. The summed E-state index contributed by atoms with van der Waals surface area (Å²) in [7, 11) is 0. The molecule has 0 aliphatic heterocycles. The van der Waals surface area contributed by atoms with Crippen molar-refractivity contribution in [2.45, 2.75) is 39.3 Å². The van der Waals surface area contributed by atoms with Crippen LogP contribution >= 0.6 is 11.3 Å². The summed E-state index contributed by atoms with van der Waals surface area (Å²) in [4.78, 5) is 37.4. The second-order valence-electron chi connectivity index (χ2n) is 5.53. The molecule has 27 heavy (non-hydrogen) atoms. The number of aryl methyl sites for hydroxylation is 1. The minimum Gasteiger partial charge on any atom is -0.466 e. The molecule has 1 heterocycles. The Kier molecular flexibility index (Phi) is 8.94. The van der Waals surface area contributed by atoms with E-state index >= 15 is 0 Å². The molecule has 4 N–H and O–H groups in total. The van der Waals surface area contributed by atoms with Gasteiger partial charge in [0.2, 0.25) is 0 Å². The molecule has 8 nitrogen and oxygen atoms in total. The average molecular weight is 396 g/mol. The second-order valence-corrected chi connectivity index (χ2v) is 6.59. The maximum atomic E-state index is 12.6. The van der Waals surface area contributed by atoms with Gasteiger partial charge in [-0.1, -0.05) is 11.8 Å². The van der Waals surface area contributed by atoms with E-state index in [4.69, 9.17) is 20.3 Å². The van der Waals surface area contributed by atoms with Gasteiger partial charge < -0.3 is 19.9 Å². The number of aliphatic hydroxyl groups excluding tert-OH is 1. The monoisotopic (exact) mass is 396 g/mol. The predicted octanol–water partition coefficient (Wildman–Crippen LogP) is 0.692. The molecule has 148 valence electrons. The topological polar surface area (TPSA) is 128 Å². The van der Waals surface area contributed by atoms with Gasteiger partial charge in [-0.25, -0.2) is 4.79 Å². The van der Waals surface area contributed by atoms with Crippen molar-refractivity contribution >= 4 is 29.2 Å². The summed E-state index contributed by atoms with van der Waals surface area (Å²) in [6, 6.07) is 1.70. The van der Waals surface area contributed by atoms with E-state index in [1.165, 1.54) is 0 Å². The summed E-state index contributed by atoms with van der Waals surface area (Å²) in [5.41, 5.74) is 4.86. The fourth-order valence-corrected chi connectivity index (χ4v) is 3.11. The molecule has 9 heteroatoms. The molecule has 0 aliphatic rings. The minimum atomic E-state index is -1.87. The number of ether oxygens (including phenoxy) is 2. The molecule has 1 rings (SSSR count). The Morgan fingerprint density at radius 3 is 2.56 bits per heavy atom. The molecule has 0 spiro atoms. The van der Waals surface area contributed by atoms with E-state index in [9.17, 15) is 14.4 Å². The molecule has 1 unspecified atom stereocenters. The third-order valence-corrected chi connectivity index (χ3v) is 4.57. The highest BCUT2D eigenvalue weighted by Gasteiger charge is 2.38. The first-order valence-corrected chi connectivity index (χ1v) is 9.23. The first kappa shape index (κ1) is 22.6. The number of hydrogen-bond acceptors (Lipinski definition) is 8. The third kappa shape index (κ3) is 6.67. The van der Waals surface area contributed by atoms with Gasteiger partial charge in [-0.15, -0.1) is 11.3 Å². The Labute approximate surface area is 162 Å². The smallest absolute Gasteiger partial charge is 0.346 e. The van der Waals surface area contributed by atoms with Gasteiger partial charge in [0, 0.05) is 12.8 Å². The lowest BCUT2D eigenvalue weighted by Crippen LogP contribution is -2.62. The summed E-state index contributed by atoms with van der Waals surface area (Å²) in [6.07, 6.45) is -0.321. The zero-order valence-electron chi connectivity index (χ0n) is 15.6. The summed E-state index contributed by atoms with van der Waals surface area (Å²) < 4.78 is 9.78. The molecular formula is C18H24N2O6S. The van der Waals surface area contributed by atoms with Crippen molar-refractivity contribution in [3.05, 3.63) is 21.4 Å². The number of esters is 2. The standard InChI is InChI=1S/C18H24N2O6S/c1-4-25-14(22)8-9-18(19,17(24)26-5-2)20-16(23)15-12(3)11-13(27-15)7-6-10-21/h11,21H,4-5,8-10,19H2,1-3H3,(H,20,23). The Bertz CT molecular complexity index is 749. The number of rotatable bonds is 8. The van der Waals surface area contributed by atoms with Crippen LogP contribution in [0.15, 0.2) is 6.07 Å². The molecule has 0 radical (unpaired) electrons. The van der Waals surface area contributed by atoms with Crippen LogP contribution in [0.25, 0.3) is 0 Å². The number of aliphatic hydroxyl groups is 1. The molecule has 0 saturated carbocycles. The maximum Gasteiger partial charge on any atom is 0.346 e. The molecule has 1 aromatic rings. The van der Waals surface area contributed by atoms with E-state index in [2.05, 4.69) is 17.2 Å². The second kappa shape index (κ2) is 10.7. The Morgan fingerprint density at radius 1 is 1.30 bits per heavy atom. The van der Waals surface area contributed by atoms with Crippen LogP contribution in [0.5, 0.6) is 0 Å². The zero-order valence-corrected chi connectivity index (χ0v) is 16.4. The van der Waals surface area contributed by atoms with Crippen molar-refractivity contribution in [1.82, 2.24) is 5.32 Å².